The van der Waals surface area contributed by atoms with Crippen LogP contribution >= 0.6 is 0 Å². The van der Waals surface area contributed by atoms with Crippen LogP contribution < -0.4 is 4.90 Å². The zero-order valence-corrected chi connectivity index (χ0v) is 14.0. The maximum atomic E-state index is 12.4. The van der Waals surface area contributed by atoms with Gasteiger partial charge < -0.3 is 9.64 Å². The highest BCUT2D eigenvalue weighted by Crippen LogP contribution is 2.45. The molecule has 0 saturated carbocycles. The molecule has 0 spiro atoms. The van der Waals surface area contributed by atoms with E-state index < -0.39 is 0 Å². The van der Waals surface area contributed by atoms with Gasteiger partial charge in [-0.25, -0.2) is 4.79 Å². The summed E-state index contributed by atoms with van der Waals surface area (Å²) in [7, 11) is 1.48. The van der Waals surface area contributed by atoms with Crippen molar-refractivity contribution in [3.05, 3.63) is 29.8 Å². The average Bonchev–Trinajstić information content (AvgIpc) is 2.41. The van der Waals surface area contributed by atoms with Crippen molar-refractivity contribution < 1.29 is 9.53 Å². The van der Waals surface area contributed by atoms with Gasteiger partial charge >= 0.3 is 5.97 Å². The number of carbonyl (C=O) groups excluding carboxylic acids is 1. The molecule has 2 rings (SSSR count). The Morgan fingerprint density at radius 3 is 2.52 bits per heavy atom. The van der Waals surface area contributed by atoms with E-state index in [1.54, 1.807) is 0 Å². The minimum Gasteiger partial charge on any atom is -0.467 e. The summed E-state index contributed by atoms with van der Waals surface area (Å²) in [6.07, 6.45) is 1.03. The second kappa shape index (κ2) is 5.70. The number of ether oxygens (including phenoxy) is 1. The van der Waals surface area contributed by atoms with E-state index in [2.05, 4.69) is 63.8 Å². The molecule has 0 saturated heterocycles. The van der Waals surface area contributed by atoms with Crippen LogP contribution in [0.25, 0.3) is 0 Å². The van der Waals surface area contributed by atoms with E-state index in [-0.39, 0.29) is 23.5 Å². The van der Waals surface area contributed by atoms with Crippen LogP contribution in [0.3, 0.4) is 0 Å². The highest BCUT2D eigenvalue weighted by Gasteiger charge is 2.43. The number of rotatable bonds is 3. The van der Waals surface area contributed by atoms with Crippen molar-refractivity contribution >= 4 is 11.7 Å². The number of fused-ring (bicyclic) bond motifs is 1. The van der Waals surface area contributed by atoms with Crippen molar-refractivity contribution in [2.75, 3.05) is 12.0 Å². The van der Waals surface area contributed by atoms with Gasteiger partial charge in [-0.05, 0) is 43.7 Å². The van der Waals surface area contributed by atoms with Crippen LogP contribution in [-0.2, 0) is 9.53 Å². The molecule has 0 fully saturated rings. The molecule has 116 valence electrons. The number of para-hydroxylation sites is 1. The van der Waals surface area contributed by atoms with E-state index >= 15 is 0 Å². The molecule has 0 N–H and O–H groups in total. The third-order valence-corrected chi connectivity index (χ3v) is 4.54. The summed E-state index contributed by atoms with van der Waals surface area (Å²) in [6, 6.07) is 8.18. The predicted molar refractivity (Wildman–Crippen MR) is 86.7 cm³/mol. The number of hydrogen-bond acceptors (Lipinski definition) is 3. The third kappa shape index (κ3) is 2.78. The molecule has 2 atom stereocenters. The maximum absolute atomic E-state index is 12.4. The fourth-order valence-electron chi connectivity index (χ4n) is 3.73. The van der Waals surface area contributed by atoms with Gasteiger partial charge in [-0.2, -0.15) is 0 Å². The molecule has 1 aliphatic rings. The Balaban J connectivity index is 2.58. The van der Waals surface area contributed by atoms with Crippen LogP contribution in [0, 0.1) is 5.92 Å². The molecular weight excluding hydrogens is 262 g/mol. The van der Waals surface area contributed by atoms with Gasteiger partial charge in [0.2, 0.25) is 0 Å². The summed E-state index contributed by atoms with van der Waals surface area (Å²) < 4.78 is 5.08. The van der Waals surface area contributed by atoms with Crippen LogP contribution in [0.1, 0.15) is 52.5 Å². The molecule has 3 nitrogen and oxygen atoms in total. The molecule has 0 bridgehead atoms. The van der Waals surface area contributed by atoms with Crippen LogP contribution in [0.4, 0.5) is 5.69 Å². The molecular formula is C18H27NO2. The molecule has 1 heterocycles. The largest absolute Gasteiger partial charge is 0.467 e. The minimum absolute atomic E-state index is 0.0725. The monoisotopic (exact) mass is 289 g/mol. The summed E-state index contributed by atoms with van der Waals surface area (Å²) in [6.45, 7) is 10.9. The first-order valence-electron chi connectivity index (χ1n) is 7.75. The normalized spacial score (nSPS) is 21.9. The van der Waals surface area contributed by atoms with Crippen molar-refractivity contribution in [3.8, 4) is 0 Å². The van der Waals surface area contributed by atoms with Gasteiger partial charge in [0.25, 0.3) is 0 Å². The first-order chi connectivity index (χ1) is 9.79. The summed E-state index contributed by atoms with van der Waals surface area (Å²) in [5, 5.41) is 0. The van der Waals surface area contributed by atoms with Crippen molar-refractivity contribution in [3.63, 3.8) is 0 Å². The van der Waals surface area contributed by atoms with Gasteiger partial charge in [0.05, 0.1) is 7.11 Å². The summed E-state index contributed by atoms with van der Waals surface area (Å²) >= 11 is 0. The Kier molecular flexibility index (Phi) is 4.31. The number of carbonyl (C=O) groups is 1. The van der Waals surface area contributed by atoms with Crippen LogP contribution in [0.2, 0.25) is 0 Å². The Labute approximate surface area is 128 Å². The molecule has 0 amide bonds. The Morgan fingerprint density at radius 2 is 1.95 bits per heavy atom. The van der Waals surface area contributed by atoms with Gasteiger partial charge in [-0.1, -0.05) is 39.0 Å². The fourth-order valence-corrected chi connectivity index (χ4v) is 3.73. The summed E-state index contributed by atoms with van der Waals surface area (Å²) in [5.41, 5.74) is 2.42. The lowest BCUT2D eigenvalue weighted by atomic mass is 9.78. The zero-order chi connectivity index (χ0) is 15.8. The molecule has 0 aromatic heterocycles. The van der Waals surface area contributed by atoms with Crippen molar-refractivity contribution in [2.24, 2.45) is 5.92 Å². The summed E-state index contributed by atoms with van der Waals surface area (Å²) in [5.74, 6) is 0.540. The first-order valence-corrected chi connectivity index (χ1v) is 7.75. The Bertz CT molecular complexity index is 522. The minimum atomic E-state index is -0.251. The number of benzene rings is 1. The SMILES string of the molecule is COC(=O)[C@@H](C(C)C)N1c2ccccc2[C@@H](C)CC1(C)C. The van der Waals surface area contributed by atoms with Crippen LogP contribution in [0.15, 0.2) is 24.3 Å². The van der Waals surface area contributed by atoms with Gasteiger partial charge in [0.15, 0.2) is 0 Å². The zero-order valence-electron chi connectivity index (χ0n) is 14.0. The van der Waals surface area contributed by atoms with Gasteiger partial charge in [-0.3, -0.25) is 0 Å². The van der Waals surface area contributed by atoms with Crippen LogP contribution in [-0.4, -0.2) is 24.7 Å². The van der Waals surface area contributed by atoms with E-state index in [9.17, 15) is 4.79 Å². The van der Waals surface area contributed by atoms with Crippen molar-refractivity contribution in [1.82, 2.24) is 0 Å². The van der Waals surface area contributed by atoms with E-state index in [1.165, 1.54) is 18.4 Å². The topological polar surface area (TPSA) is 29.5 Å². The number of anilines is 1. The molecule has 1 aromatic carbocycles. The lowest BCUT2D eigenvalue weighted by molar-refractivity contribution is -0.143. The smallest absolute Gasteiger partial charge is 0.328 e. The predicted octanol–water partition coefficient (Wildman–Crippen LogP) is 3.98. The molecule has 0 aliphatic carbocycles. The molecule has 1 aliphatic heterocycles. The van der Waals surface area contributed by atoms with Gasteiger partial charge in [0, 0.05) is 11.2 Å². The second-order valence-corrected chi connectivity index (χ2v) is 7.06. The number of methoxy groups -OCH3 is 1. The van der Waals surface area contributed by atoms with Gasteiger partial charge in [-0.15, -0.1) is 0 Å². The fraction of sp³-hybridized carbons (Fsp3) is 0.611. The standard InChI is InChI=1S/C18H27NO2/c1-12(2)16(17(20)21-6)19-15-10-8-7-9-14(15)13(3)11-18(19,4)5/h7-10,12-13,16H,11H2,1-6H3/t13-,16+/m0/s1. The van der Waals surface area contributed by atoms with Gasteiger partial charge in [0.1, 0.15) is 6.04 Å². The quantitative estimate of drug-likeness (QED) is 0.788. The van der Waals surface area contributed by atoms with Crippen molar-refractivity contribution in [2.45, 2.75) is 58.5 Å². The van der Waals surface area contributed by atoms with E-state index in [0.717, 1.165) is 6.42 Å². The number of esters is 1. The number of hydrogen-bond donors (Lipinski definition) is 0. The lowest BCUT2D eigenvalue weighted by Gasteiger charge is -2.51. The number of nitrogens with zero attached hydrogens (tertiary/aromatic N) is 1. The van der Waals surface area contributed by atoms with Crippen molar-refractivity contribution in [1.29, 1.82) is 0 Å². The molecule has 0 unspecified atom stereocenters. The van der Waals surface area contributed by atoms with E-state index in [1.807, 2.05) is 0 Å². The van der Waals surface area contributed by atoms with Crippen LogP contribution in [0.5, 0.6) is 0 Å². The maximum Gasteiger partial charge on any atom is 0.328 e. The third-order valence-electron chi connectivity index (χ3n) is 4.54. The van der Waals surface area contributed by atoms with E-state index in [4.69, 9.17) is 4.74 Å². The Morgan fingerprint density at radius 1 is 1.33 bits per heavy atom. The van der Waals surface area contributed by atoms with E-state index in [0.29, 0.717) is 5.92 Å². The summed E-state index contributed by atoms with van der Waals surface area (Å²) in [4.78, 5) is 14.6. The molecule has 1 aromatic rings. The lowest BCUT2D eigenvalue weighted by Crippen LogP contribution is -2.58. The Hall–Kier alpha value is -1.51. The molecule has 21 heavy (non-hydrogen) atoms. The second-order valence-electron chi connectivity index (χ2n) is 7.06. The first kappa shape index (κ1) is 15.9. The highest BCUT2D eigenvalue weighted by atomic mass is 16.5. The highest BCUT2D eigenvalue weighted by molar-refractivity contribution is 5.82. The molecule has 0 radical (unpaired) electrons. The molecule has 3 heteroatoms. The average molecular weight is 289 g/mol.